The van der Waals surface area contributed by atoms with Gasteiger partial charge in [0.25, 0.3) is 0 Å². The van der Waals surface area contributed by atoms with Crippen molar-refractivity contribution in [2.45, 2.75) is 57.2 Å². The molecule has 1 amide bonds. The van der Waals surface area contributed by atoms with Gasteiger partial charge in [-0.2, -0.15) is 0 Å². The summed E-state index contributed by atoms with van der Waals surface area (Å²) in [5, 5.41) is 3.54. The molecule has 0 saturated carbocycles. The Morgan fingerprint density at radius 2 is 2.06 bits per heavy atom. The number of rotatable bonds is 4. The number of hydrogen-bond donors (Lipinski definition) is 1. The highest BCUT2D eigenvalue weighted by Gasteiger charge is 2.39. The number of fused-ring (bicyclic) bond motifs is 1. The second-order valence-electron chi connectivity index (χ2n) is 10.2. The summed E-state index contributed by atoms with van der Waals surface area (Å²) >= 11 is 5.93. The van der Waals surface area contributed by atoms with Gasteiger partial charge in [0.1, 0.15) is 5.82 Å². The van der Waals surface area contributed by atoms with Gasteiger partial charge in [-0.3, -0.25) is 4.79 Å². The lowest BCUT2D eigenvalue weighted by molar-refractivity contribution is -0.141. The van der Waals surface area contributed by atoms with Gasteiger partial charge < -0.3 is 19.9 Å². The minimum atomic E-state index is -0.440. The zero-order valence-corrected chi connectivity index (χ0v) is 21.1. The number of ether oxygens (including phenoxy) is 1. The smallest absolute Gasteiger partial charge is 0.227 e. The SMILES string of the molecule is C[C@@H]1Cc2cnc(NC3CCOCC3)nc2CN1C(=O)[C@@H]1CCN(C)C[C@H]1c1ccc(Cl)c(F)c1. The largest absolute Gasteiger partial charge is 0.381 e. The van der Waals surface area contributed by atoms with Crippen LogP contribution in [0.15, 0.2) is 24.4 Å². The van der Waals surface area contributed by atoms with E-state index in [1.54, 1.807) is 6.07 Å². The van der Waals surface area contributed by atoms with Crippen LogP contribution in [0.5, 0.6) is 0 Å². The molecule has 0 aliphatic carbocycles. The van der Waals surface area contributed by atoms with E-state index < -0.39 is 5.82 Å². The molecule has 188 valence electrons. The first-order valence-electron chi connectivity index (χ1n) is 12.5. The van der Waals surface area contributed by atoms with Gasteiger partial charge in [-0.25, -0.2) is 14.4 Å². The number of nitrogens with zero attached hydrogens (tertiary/aromatic N) is 4. The highest BCUT2D eigenvalue weighted by molar-refractivity contribution is 6.30. The van der Waals surface area contributed by atoms with Crippen LogP contribution in [0.25, 0.3) is 0 Å². The Morgan fingerprint density at radius 1 is 1.26 bits per heavy atom. The fourth-order valence-electron chi connectivity index (χ4n) is 5.59. The molecule has 5 rings (SSSR count). The average Bonchev–Trinajstić information content (AvgIpc) is 2.85. The molecule has 0 radical (unpaired) electrons. The van der Waals surface area contributed by atoms with Gasteiger partial charge >= 0.3 is 0 Å². The quantitative estimate of drug-likeness (QED) is 0.686. The number of aromatic nitrogens is 2. The number of piperidine rings is 1. The minimum absolute atomic E-state index is 0.0511. The van der Waals surface area contributed by atoms with Crippen molar-refractivity contribution in [2.75, 3.05) is 38.7 Å². The van der Waals surface area contributed by atoms with Gasteiger partial charge in [0.05, 0.1) is 17.3 Å². The van der Waals surface area contributed by atoms with Crippen LogP contribution in [0.1, 0.15) is 48.9 Å². The lowest BCUT2D eigenvalue weighted by atomic mass is 9.79. The first-order chi connectivity index (χ1) is 16.9. The summed E-state index contributed by atoms with van der Waals surface area (Å²) in [4.78, 5) is 27.4. The lowest BCUT2D eigenvalue weighted by Gasteiger charge is -2.42. The monoisotopic (exact) mass is 501 g/mol. The summed E-state index contributed by atoms with van der Waals surface area (Å²) < 4.78 is 19.7. The third-order valence-corrected chi connectivity index (χ3v) is 7.97. The van der Waals surface area contributed by atoms with E-state index >= 15 is 0 Å². The van der Waals surface area contributed by atoms with E-state index in [0.717, 1.165) is 62.3 Å². The molecule has 2 saturated heterocycles. The maximum atomic E-state index is 14.3. The number of hydrogen-bond acceptors (Lipinski definition) is 6. The Hall–Kier alpha value is -2.29. The fraction of sp³-hybridized carbons (Fsp3) is 0.577. The Labute approximate surface area is 211 Å². The molecule has 1 aromatic carbocycles. The number of likely N-dealkylation sites (tertiary alicyclic amines) is 1. The van der Waals surface area contributed by atoms with E-state index in [0.29, 0.717) is 25.1 Å². The van der Waals surface area contributed by atoms with E-state index in [9.17, 15) is 9.18 Å². The topological polar surface area (TPSA) is 70.6 Å². The maximum absolute atomic E-state index is 14.3. The van der Waals surface area contributed by atoms with Gasteiger partial charge in [-0.15, -0.1) is 0 Å². The summed E-state index contributed by atoms with van der Waals surface area (Å²) in [5.74, 6) is 0.000828. The van der Waals surface area contributed by atoms with Crippen molar-refractivity contribution in [3.05, 3.63) is 52.1 Å². The van der Waals surface area contributed by atoms with Crippen molar-refractivity contribution in [1.82, 2.24) is 19.8 Å². The summed E-state index contributed by atoms with van der Waals surface area (Å²) in [7, 11) is 2.05. The molecule has 7 nitrogen and oxygen atoms in total. The minimum Gasteiger partial charge on any atom is -0.381 e. The van der Waals surface area contributed by atoms with Crippen molar-refractivity contribution in [2.24, 2.45) is 5.92 Å². The number of amides is 1. The normalized spacial score (nSPS) is 25.8. The Bertz CT molecular complexity index is 1080. The molecular weight excluding hydrogens is 469 g/mol. The molecule has 1 N–H and O–H groups in total. The number of likely N-dealkylation sites (N-methyl/N-ethyl adjacent to an activating group) is 1. The lowest BCUT2D eigenvalue weighted by Crippen LogP contribution is -2.50. The average molecular weight is 502 g/mol. The highest BCUT2D eigenvalue weighted by Crippen LogP contribution is 2.36. The van der Waals surface area contributed by atoms with Gasteiger partial charge in [-0.05, 0) is 69.5 Å². The van der Waals surface area contributed by atoms with Gasteiger partial charge in [0.15, 0.2) is 0 Å². The molecule has 0 spiro atoms. The molecular formula is C26H33ClFN5O2. The summed E-state index contributed by atoms with van der Waals surface area (Å²) in [6.07, 6.45) is 5.24. The number of benzene rings is 1. The molecule has 9 heteroatoms. The van der Waals surface area contributed by atoms with Crippen LogP contribution in [0.2, 0.25) is 5.02 Å². The van der Waals surface area contributed by atoms with Crippen LogP contribution in [-0.4, -0.2) is 71.1 Å². The van der Waals surface area contributed by atoms with Crippen LogP contribution in [0.3, 0.4) is 0 Å². The molecule has 2 aromatic rings. The summed E-state index contributed by atoms with van der Waals surface area (Å²) in [5.41, 5.74) is 2.83. The van der Waals surface area contributed by atoms with Crippen molar-refractivity contribution < 1.29 is 13.9 Å². The predicted molar refractivity (Wildman–Crippen MR) is 133 cm³/mol. The first kappa shape index (κ1) is 24.4. The van der Waals surface area contributed by atoms with E-state index in [1.807, 2.05) is 24.2 Å². The molecule has 0 unspecified atom stereocenters. The Balaban J connectivity index is 1.35. The van der Waals surface area contributed by atoms with Crippen LogP contribution in [0, 0.1) is 11.7 Å². The predicted octanol–water partition coefficient (Wildman–Crippen LogP) is 3.87. The van der Waals surface area contributed by atoms with Crippen molar-refractivity contribution in [3.63, 3.8) is 0 Å². The van der Waals surface area contributed by atoms with Crippen LogP contribution in [0.4, 0.5) is 10.3 Å². The zero-order chi connectivity index (χ0) is 24.5. The molecule has 4 heterocycles. The van der Waals surface area contributed by atoms with Crippen LogP contribution < -0.4 is 5.32 Å². The number of carbonyl (C=O) groups is 1. The third kappa shape index (κ3) is 5.29. The van der Waals surface area contributed by atoms with E-state index in [2.05, 4.69) is 22.1 Å². The van der Waals surface area contributed by atoms with Crippen LogP contribution in [-0.2, 0) is 22.5 Å². The molecule has 1 aromatic heterocycles. The van der Waals surface area contributed by atoms with Gasteiger partial charge in [0, 0.05) is 49.9 Å². The number of nitrogens with one attached hydrogen (secondary N) is 1. The van der Waals surface area contributed by atoms with Gasteiger partial charge in [0.2, 0.25) is 11.9 Å². The number of halogens is 2. The standard InChI is InChI=1S/C26H33ClFN5O2/c1-16-11-18-13-29-26(30-19-6-9-35-10-7-19)31-24(18)15-33(16)25(34)20-5-8-32(2)14-21(20)17-3-4-22(27)23(28)12-17/h3-4,12-13,16,19-21H,5-11,14-15H2,1-2H3,(H,29,30,31)/t16-,20-,21+/m1/s1. The van der Waals surface area contributed by atoms with Crippen molar-refractivity contribution in [3.8, 4) is 0 Å². The molecule has 3 atom stereocenters. The van der Waals surface area contributed by atoms with Crippen molar-refractivity contribution >= 4 is 23.5 Å². The second-order valence-corrected chi connectivity index (χ2v) is 10.6. The van der Waals surface area contributed by atoms with Crippen molar-refractivity contribution in [1.29, 1.82) is 0 Å². The van der Waals surface area contributed by atoms with Gasteiger partial charge in [-0.1, -0.05) is 17.7 Å². The molecule has 35 heavy (non-hydrogen) atoms. The zero-order valence-electron chi connectivity index (χ0n) is 20.3. The van der Waals surface area contributed by atoms with E-state index in [1.165, 1.54) is 6.07 Å². The molecule has 2 fully saturated rings. The van der Waals surface area contributed by atoms with E-state index in [4.69, 9.17) is 21.3 Å². The number of carbonyl (C=O) groups excluding carboxylic acids is 1. The summed E-state index contributed by atoms with van der Waals surface area (Å²) in [6.45, 7) is 5.59. The molecule has 0 bridgehead atoms. The molecule has 3 aliphatic rings. The molecule has 3 aliphatic heterocycles. The van der Waals surface area contributed by atoms with Crippen LogP contribution >= 0.6 is 11.6 Å². The fourth-order valence-corrected chi connectivity index (χ4v) is 5.71. The Kier molecular flexibility index (Phi) is 7.23. The van der Waals surface area contributed by atoms with E-state index in [-0.39, 0.29) is 28.8 Å². The number of anilines is 1. The highest BCUT2D eigenvalue weighted by atomic mass is 35.5. The Morgan fingerprint density at radius 3 is 2.83 bits per heavy atom. The maximum Gasteiger partial charge on any atom is 0.227 e. The third-order valence-electron chi connectivity index (χ3n) is 7.66. The summed E-state index contributed by atoms with van der Waals surface area (Å²) in [6, 6.07) is 5.29. The second kappa shape index (κ2) is 10.4. The first-order valence-corrected chi connectivity index (χ1v) is 12.9.